The third-order valence-corrected chi connectivity index (χ3v) is 5.00. The summed E-state index contributed by atoms with van der Waals surface area (Å²) in [6, 6.07) is 21.5. The Labute approximate surface area is 183 Å². The fourth-order valence-electron chi connectivity index (χ4n) is 2.99. The molecule has 0 radical (unpaired) electrons. The molecule has 2 N–H and O–H groups in total. The zero-order chi connectivity index (χ0) is 20.9. The highest BCUT2D eigenvalue weighted by Gasteiger charge is 2.11. The largest absolute Gasteiger partial charge is 0.488 e. The van der Waals surface area contributed by atoms with Crippen LogP contribution in [0.3, 0.4) is 0 Å². The number of benzene rings is 3. The first kappa shape index (κ1) is 20.1. The van der Waals surface area contributed by atoms with Crippen LogP contribution in [0.5, 0.6) is 5.75 Å². The zero-order valence-corrected chi connectivity index (χ0v) is 17.4. The molecule has 0 aliphatic carbocycles. The van der Waals surface area contributed by atoms with E-state index >= 15 is 0 Å². The number of H-pyrrole nitrogens is 1. The highest BCUT2D eigenvalue weighted by atomic mass is 35.5. The molecular weight excluding hydrogens is 423 g/mol. The van der Waals surface area contributed by atoms with Crippen molar-refractivity contribution in [3.8, 4) is 17.1 Å². The van der Waals surface area contributed by atoms with Gasteiger partial charge in [0.1, 0.15) is 18.2 Å². The van der Waals surface area contributed by atoms with Gasteiger partial charge in [0.25, 0.3) is 0 Å². The standard InChI is InChI=1S/C22H18ClFN4OS/c23-18-10-11-20(29-14-16-8-4-5-9-19(16)24)17(12-18)13-25-28-21(26-27-22(28)30)15-6-2-1-3-7-15/h1-12,25H,13-14H2,(H,27,30). The Kier molecular flexibility index (Phi) is 6.11. The highest BCUT2D eigenvalue weighted by Crippen LogP contribution is 2.25. The predicted molar refractivity (Wildman–Crippen MR) is 118 cm³/mol. The Morgan fingerprint density at radius 1 is 1.03 bits per heavy atom. The SMILES string of the molecule is Fc1ccccc1COc1ccc(Cl)cc1CNn1c(-c2ccccc2)n[nH]c1=S. The van der Waals surface area contributed by atoms with Crippen LogP contribution >= 0.6 is 23.8 Å². The van der Waals surface area contributed by atoms with Crippen LogP contribution in [-0.4, -0.2) is 14.9 Å². The number of ether oxygens (including phenoxy) is 1. The van der Waals surface area contributed by atoms with Crippen molar-refractivity contribution in [2.24, 2.45) is 0 Å². The van der Waals surface area contributed by atoms with Crippen LogP contribution < -0.4 is 10.2 Å². The maximum atomic E-state index is 13.9. The topological polar surface area (TPSA) is 54.9 Å². The van der Waals surface area contributed by atoms with Crippen LogP contribution in [-0.2, 0) is 13.2 Å². The van der Waals surface area contributed by atoms with E-state index in [0.29, 0.717) is 33.5 Å². The Morgan fingerprint density at radius 3 is 2.60 bits per heavy atom. The quantitative estimate of drug-likeness (QED) is 0.361. The van der Waals surface area contributed by atoms with Gasteiger partial charge < -0.3 is 10.2 Å². The van der Waals surface area contributed by atoms with Gasteiger partial charge in [0.15, 0.2) is 5.82 Å². The van der Waals surface area contributed by atoms with E-state index in [1.165, 1.54) is 6.07 Å². The van der Waals surface area contributed by atoms with E-state index in [-0.39, 0.29) is 12.4 Å². The molecule has 1 aromatic heterocycles. The van der Waals surface area contributed by atoms with Crippen LogP contribution in [0.4, 0.5) is 4.39 Å². The van der Waals surface area contributed by atoms with Crippen molar-refractivity contribution >= 4 is 23.8 Å². The Hall–Kier alpha value is -3.16. The van der Waals surface area contributed by atoms with Gasteiger partial charge in [0, 0.05) is 21.7 Å². The fraction of sp³-hybridized carbons (Fsp3) is 0.0909. The number of nitrogens with one attached hydrogen (secondary N) is 2. The molecule has 152 valence electrons. The lowest BCUT2D eigenvalue weighted by Gasteiger charge is -2.15. The predicted octanol–water partition coefficient (Wildman–Crippen LogP) is 5.72. The van der Waals surface area contributed by atoms with Crippen molar-refractivity contribution in [2.75, 3.05) is 5.43 Å². The summed E-state index contributed by atoms with van der Waals surface area (Å²) in [6.45, 7) is 0.489. The molecule has 0 bridgehead atoms. The first-order valence-corrected chi connectivity index (χ1v) is 10.0. The lowest BCUT2D eigenvalue weighted by Crippen LogP contribution is -2.16. The van der Waals surface area contributed by atoms with Crippen molar-refractivity contribution in [3.63, 3.8) is 0 Å². The zero-order valence-electron chi connectivity index (χ0n) is 15.8. The molecule has 4 rings (SSSR count). The third-order valence-electron chi connectivity index (χ3n) is 4.50. The van der Waals surface area contributed by atoms with E-state index < -0.39 is 0 Å². The lowest BCUT2D eigenvalue weighted by molar-refractivity contribution is 0.297. The fourth-order valence-corrected chi connectivity index (χ4v) is 3.38. The second-order valence-corrected chi connectivity index (χ2v) is 7.34. The van der Waals surface area contributed by atoms with E-state index in [0.717, 1.165) is 11.1 Å². The second-order valence-electron chi connectivity index (χ2n) is 6.52. The molecule has 0 aliphatic rings. The molecule has 5 nitrogen and oxygen atoms in total. The average molecular weight is 441 g/mol. The van der Waals surface area contributed by atoms with Gasteiger partial charge in [-0.25, -0.2) is 14.2 Å². The molecule has 4 aromatic rings. The molecule has 30 heavy (non-hydrogen) atoms. The van der Waals surface area contributed by atoms with E-state index in [1.807, 2.05) is 30.3 Å². The van der Waals surface area contributed by atoms with Crippen molar-refractivity contribution in [2.45, 2.75) is 13.2 Å². The molecule has 0 saturated heterocycles. The maximum Gasteiger partial charge on any atom is 0.214 e. The molecule has 0 aliphatic heterocycles. The van der Waals surface area contributed by atoms with Gasteiger partial charge in [-0.05, 0) is 36.5 Å². The smallest absolute Gasteiger partial charge is 0.214 e. The van der Waals surface area contributed by atoms with E-state index in [2.05, 4.69) is 15.6 Å². The molecule has 0 unspecified atom stereocenters. The highest BCUT2D eigenvalue weighted by molar-refractivity contribution is 7.71. The number of halogens is 2. The van der Waals surface area contributed by atoms with Crippen LogP contribution in [0.15, 0.2) is 72.8 Å². The first-order chi connectivity index (χ1) is 14.6. The minimum atomic E-state index is -0.302. The van der Waals surface area contributed by atoms with Crippen molar-refractivity contribution < 1.29 is 9.13 Å². The average Bonchev–Trinajstić information content (AvgIpc) is 3.13. The summed E-state index contributed by atoms with van der Waals surface area (Å²) >= 11 is 11.5. The van der Waals surface area contributed by atoms with E-state index in [9.17, 15) is 4.39 Å². The molecule has 1 heterocycles. The molecule has 3 aromatic carbocycles. The second kappa shape index (κ2) is 9.11. The Balaban J connectivity index is 1.55. The lowest BCUT2D eigenvalue weighted by atomic mass is 10.2. The van der Waals surface area contributed by atoms with Crippen LogP contribution in [0.25, 0.3) is 11.4 Å². The number of hydrogen-bond acceptors (Lipinski definition) is 4. The van der Waals surface area contributed by atoms with Crippen LogP contribution in [0, 0.1) is 10.6 Å². The maximum absolute atomic E-state index is 13.9. The molecule has 0 fully saturated rings. The normalized spacial score (nSPS) is 10.7. The Morgan fingerprint density at radius 2 is 1.80 bits per heavy atom. The molecular formula is C22H18ClFN4OS. The molecule has 0 saturated carbocycles. The molecule has 0 atom stereocenters. The molecule has 0 spiro atoms. The summed E-state index contributed by atoms with van der Waals surface area (Å²) in [6.07, 6.45) is 0. The summed E-state index contributed by atoms with van der Waals surface area (Å²) in [5.74, 6) is 0.964. The van der Waals surface area contributed by atoms with Crippen LogP contribution in [0.2, 0.25) is 5.02 Å². The van der Waals surface area contributed by atoms with Gasteiger partial charge in [-0.2, -0.15) is 5.10 Å². The van der Waals surface area contributed by atoms with Crippen molar-refractivity contribution in [1.82, 2.24) is 14.9 Å². The number of nitrogens with zero attached hydrogens (tertiary/aromatic N) is 2. The van der Waals surface area contributed by atoms with Crippen molar-refractivity contribution in [3.05, 3.63) is 99.5 Å². The number of rotatable bonds is 7. The number of aromatic nitrogens is 3. The van der Waals surface area contributed by atoms with Gasteiger partial charge in [-0.15, -0.1) is 0 Å². The monoisotopic (exact) mass is 440 g/mol. The summed E-state index contributed by atoms with van der Waals surface area (Å²) in [5, 5.41) is 7.69. The summed E-state index contributed by atoms with van der Waals surface area (Å²) in [7, 11) is 0. The summed E-state index contributed by atoms with van der Waals surface area (Å²) < 4.78 is 21.9. The van der Waals surface area contributed by atoms with E-state index in [4.69, 9.17) is 28.6 Å². The van der Waals surface area contributed by atoms with Crippen molar-refractivity contribution in [1.29, 1.82) is 0 Å². The summed E-state index contributed by atoms with van der Waals surface area (Å²) in [5.41, 5.74) is 5.46. The number of hydrogen-bond donors (Lipinski definition) is 2. The minimum absolute atomic E-state index is 0.113. The Bertz CT molecular complexity index is 1210. The van der Waals surface area contributed by atoms with Gasteiger partial charge >= 0.3 is 0 Å². The number of aromatic amines is 1. The van der Waals surface area contributed by atoms with Gasteiger partial charge in [0.05, 0.1) is 6.54 Å². The molecule has 8 heteroatoms. The van der Waals surface area contributed by atoms with Gasteiger partial charge in [0.2, 0.25) is 4.77 Å². The van der Waals surface area contributed by atoms with Gasteiger partial charge in [-0.3, -0.25) is 0 Å². The molecule has 0 amide bonds. The van der Waals surface area contributed by atoms with E-state index in [1.54, 1.807) is 41.1 Å². The van der Waals surface area contributed by atoms with Crippen LogP contribution in [0.1, 0.15) is 11.1 Å². The minimum Gasteiger partial charge on any atom is -0.488 e. The first-order valence-electron chi connectivity index (χ1n) is 9.23. The van der Waals surface area contributed by atoms with Gasteiger partial charge in [-0.1, -0.05) is 60.1 Å². The third kappa shape index (κ3) is 4.53. The summed E-state index contributed by atoms with van der Waals surface area (Å²) in [4.78, 5) is 0.